The van der Waals surface area contributed by atoms with Gasteiger partial charge in [0.1, 0.15) is 19.0 Å². The summed E-state index contributed by atoms with van der Waals surface area (Å²) in [5, 5.41) is 12.9. The van der Waals surface area contributed by atoms with Crippen LogP contribution in [0.5, 0.6) is 11.5 Å². The third-order valence-electron chi connectivity index (χ3n) is 6.58. The third-order valence-corrected chi connectivity index (χ3v) is 6.83. The molecule has 1 unspecified atom stereocenters. The van der Waals surface area contributed by atoms with Crippen molar-refractivity contribution in [3.05, 3.63) is 94.1 Å². The number of nitrogens with one attached hydrogen (secondary N) is 1. The summed E-state index contributed by atoms with van der Waals surface area (Å²) in [5.41, 5.74) is 3.24. The van der Waals surface area contributed by atoms with E-state index in [1.807, 2.05) is 31.2 Å². The van der Waals surface area contributed by atoms with Crippen LogP contribution in [0.15, 0.2) is 72.3 Å². The molecule has 0 radical (unpaired) electrons. The van der Waals surface area contributed by atoms with Crippen molar-refractivity contribution in [2.24, 2.45) is 0 Å². The van der Waals surface area contributed by atoms with E-state index in [1.165, 1.54) is 4.90 Å². The topological polar surface area (TPSA) is 91.9 Å². The fraction of sp³-hybridized carbons (Fsp3) is 0.143. The van der Waals surface area contributed by atoms with Gasteiger partial charge in [-0.05, 0) is 55.5 Å². The molecule has 4 aromatic rings. The molecule has 2 N–H and O–H groups in total. The number of nitrogens with zero attached hydrogens (tertiary/aromatic N) is 1. The Labute approximate surface area is 211 Å². The molecule has 7 nitrogen and oxygen atoms in total. The van der Waals surface area contributed by atoms with Gasteiger partial charge in [0.2, 0.25) is 0 Å². The van der Waals surface area contributed by atoms with Crippen molar-refractivity contribution in [2.45, 2.75) is 13.0 Å². The number of aromatic nitrogens is 1. The lowest BCUT2D eigenvalue weighted by Crippen LogP contribution is -2.29. The summed E-state index contributed by atoms with van der Waals surface area (Å²) in [6, 6.07) is 18.5. The number of aliphatic hydroxyl groups is 1. The first-order chi connectivity index (χ1) is 17.4. The molecular formula is C28H21ClN2O5. The quantitative estimate of drug-likeness (QED) is 0.219. The average Bonchev–Trinajstić information content (AvgIpc) is 3.36. The molecule has 2 aliphatic heterocycles. The molecular weight excluding hydrogens is 480 g/mol. The summed E-state index contributed by atoms with van der Waals surface area (Å²) in [5.74, 6) is -0.755. The number of fused-ring (bicyclic) bond motifs is 2. The predicted octanol–water partition coefficient (Wildman–Crippen LogP) is 5.53. The Bertz CT molecular complexity index is 1570. The molecule has 0 saturated carbocycles. The van der Waals surface area contributed by atoms with Gasteiger partial charge in [0, 0.05) is 38.4 Å². The zero-order valence-electron chi connectivity index (χ0n) is 19.2. The summed E-state index contributed by atoms with van der Waals surface area (Å²) in [6.07, 6.45) is 0. The van der Waals surface area contributed by atoms with Crippen LogP contribution in [-0.2, 0) is 9.59 Å². The number of hydrogen-bond donors (Lipinski definition) is 2. The Morgan fingerprint density at radius 2 is 1.72 bits per heavy atom. The molecule has 8 heteroatoms. The van der Waals surface area contributed by atoms with Crippen LogP contribution >= 0.6 is 11.6 Å². The number of aromatic amines is 1. The zero-order valence-corrected chi connectivity index (χ0v) is 20.0. The highest BCUT2D eigenvalue weighted by molar-refractivity contribution is 6.52. The summed E-state index contributed by atoms with van der Waals surface area (Å²) in [7, 11) is 0. The van der Waals surface area contributed by atoms with Gasteiger partial charge in [0.05, 0.1) is 11.6 Å². The van der Waals surface area contributed by atoms with Crippen molar-refractivity contribution >= 4 is 45.6 Å². The number of benzene rings is 3. The molecule has 3 aromatic carbocycles. The molecule has 36 heavy (non-hydrogen) atoms. The van der Waals surface area contributed by atoms with Crippen LogP contribution in [0.1, 0.15) is 22.9 Å². The number of aryl methyl sites for hydroxylation is 1. The molecule has 0 aliphatic carbocycles. The second-order valence-electron chi connectivity index (χ2n) is 8.71. The predicted molar refractivity (Wildman–Crippen MR) is 137 cm³/mol. The second-order valence-corrected chi connectivity index (χ2v) is 9.15. The Kier molecular flexibility index (Phi) is 5.23. The number of halogens is 1. The third kappa shape index (κ3) is 3.43. The average molecular weight is 501 g/mol. The summed E-state index contributed by atoms with van der Waals surface area (Å²) in [6.45, 7) is 2.71. The molecule has 1 saturated heterocycles. The number of amides is 1. The molecule has 180 valence electrons. The number of carbonyl (C=O) groups is 2. The molecule has 0 bridgehead atoms. The first-order valence-corrected chi connectivity index (χ1v) is 11.9. The van der Waals surface area contributed by atoms with E-state index in [2.05, 4.69) is 4.98 Å². The molecule has 6 rings (SSSR count). The van der Waals surface area contributed by atoms with Gasteiger partial charge in [-0.3, -0.25) is 14.5 Å². The van der Waals surface area contributed by atoms with E-state index in [4.69, 9.17) is 21.1 Å². The SMILES string of the molecule is Cc1[nH]c2ccccc2c1C1/C(=C(\O)c2ccc3c(c2)OCCO3)C(=O)C(=O)N1c1ccc(Cl)cc1. The minimum Gasteiger partial charge on any atom is -0.507 e. The van der Waals surface area contributed by atoms with E-state index >= 15 is 0 Å². The number of carbonyl (C=O) groups excluding carboxylic acids is 2. The molecule has 1 atom stereocenters. The van der Waals surface area contributed by atoms with Crippen molar-refractivity contribution < 1.29 is 24.2 Å². The van der Waals surface area contributed by atoms with Crippen LogP contribution in [0, 0.1) is 6.92 Å². The number of hydrogen-bond acceptors (Lipinski definition) is 5. The van der Waals surface area contributed by atoms with Crippen LogP contribution in [0.25, 0.3) is 16.7 Å². The Balaban J connectivity index is 1.60. The van der Waals surface area contributed by atoms with Gasteiger partial charge >= 0.3 is 0 Å². The van der Waals surface area contributed by atoms with Crippen LogP contribution in [0.3, 0.4) is 0 Å². The standard InChI is InChI=1S/C28H21ClN2O5/c1-15-23(19-4-2-3-5-20(19)30-15)25-24(26(32)16-6-11-21-22(14-16)36-13-12-35-21)27(33)28(34)31(25)18-9-7-17(29)8-10-18/h2-11,14,25,30,32H,12-13H2,1H3/b26-24+. The number of para-hydroxylation sites is 1. The first-order valence-electron chi connectivity index (χ1n) is 11.5. The summed E-state index contributed by atoms with van der Waals surface area (Å²) < 4.78 is 11.2. The van der Waals surface area contributed by atoms with E-state index < -0.39 is 17.7 Å². The van der Waals surface area contributed by atoms with E-state index in [0.717, 1.165) is 22.2 Å². The van der Waals surface area contributed by atoms with Crippen molar-refractivity contribution in [2.75, 3.05) is 18.1 Å². The van der Waals surface area contributed by atoms with Gasteiger partial charge in [0.15, 0.2) is 11.5 Å². The Hall–Kier alpha value is -4.23. The van der Waals surface area contributed by atoms with Crippen LogP contribution in [0.2, 0.25) is 5.02 Å². The minimum absolute atomic E-state index is 0.000481. The van der Waals surface area contributed by atoms with Crippen molar-refractivity contribution in [1.82, 2.24) is 4.98 Å². The molecule has 2 aliphatic rings. The van der Waals surface area contributed by atoms with E-state index in [-0.39, 0.29) is 11.3 Å². The van der Waals surface area contributed by atoms with Gasteiger partial charge in [-0.2, -0.15) is 0 Å². The van der Waals surface area contributed by atoms with Gasteiger partial charge in [-0.25, -0.2) is 0 Å². The minimum atomic E-state index is -0.865. The van der Waals surface area contributed by atoms with Crippen molar-refractivity contribution in [3.63, 3.8) is 0 Å². The molecule has 3 heterocycles. The zero-order chi connectivity index (χ0) is 25.0. The highest BCUT2D eigenvalue weighted by Crippen LogP contribution is 2.46. The highest BCUT2D eigenvalue weighted by atomic mass is 35.5. The normalized spacial score (nSPS) is 18.7. The number of ketones is 1. The smallest absolute Gasteiger partial charge is 0.300 e. The maximum Gasteiger partial charge on any atom is 0.300 e. The Morgan fingerprint density at radius 3 is 2.50 bits per heavy atom. The number of H-pyrrole nitrogens is 1. The van der Waals surface area contributed by atoms with Gasteiger partial charge in [-0.1, -0.05) is 29.8 Å². The van der Waals surface area contributed by atoms with Gasteiger partial charge < -0.3 is 19.6 Å². The fourth-order valence-corrected chi connectivity index (χ4v) is 5.10. The van der Waals surface area contributed by atoms with E-state index in [1.54, 1.807) is 42.5 Å². The monoisotopic (exact) mass is 500 g/mol. The lowest BCUT2D eigenvalue weighted by Gasteiger charge is -2.26. The maximum absolute atomic E-state index is 13.5. The lowest BCUT2D eigenvalue weighted by atomic mass is 9.93. The maximum atomic E-state index is 13.5. The molecule has 1 amide bonds. The number of ether oxygens (including phenoxy) is 2. The van der Waals surface area contributed by atoms with Gasteiger partial charge in [0.25, 0.3) is 11.7 Å². The Morgan fingerprint density at radius 1 is 1.00 bits per heavy atom. The molecule has 0 spiro atoms. The number of Topliss-reactive ketones (excluding diaryl/α,β-unsaturated/α-hetero) is 1. The highest BCUT2D eigenvalue weighted by Gasteiger charge is 2.48. The summed E-state index contributed by atoms with van der Waals surface area (Å²) >= 11 is 6.09. The number of aliphatic hydroxyl groups excluding tert-OH is 1. The van der Waals surface area contributed by atoms with Gasteiger partial charge in [-0.15, -0.1) is 0 Å². The number of rotatable bonds is 3. The molecule has 1 aromatic heterocycles. The first kappa shape index (κ1) is 22.2. The fourth-order valence-electron chi connectivity index (χ4n) is 4.97. The second kappa shape index (κ2) is 8.46. The number of anilines is 1. The van der Waals surface area contributed by atoms with Crippen LogP contribution < -0.4 is 14.4 Å². The van der Waals surface area contributed by atoms with Crippen LogP contribution in [0.4, 0.5) is 5.69 Å². The largest absolute Gasteiger partial charge is 0.507 e. The van der Waals surface area contributed by atoms with Crippen molar-refractivity contribution in [1.29, 1.82) is 0 Å². The van der Waals surface area contributed by atoms with E-state index in [9.17, 15) is 14.7 Å². The molecule has 1 fully saturated rings. The van der Waals surface area contributed by atoms with E-state index in [0.29, 0.717) is 41.0 Å². The lowest BCUT2D eigenvalue weighted by molar-refractivity contribution is -0.132. The van der Waals surface area contributed by atoms with Crippen molar-refractivity contribution in [3.8, 4) is 11.5 Å². The summed E-state index contributed by atoms with van der Waals surface area (Å²) in [4.78, 5) is 31.7. The van der Waals surface area contributed by atoms with Crippen LogP contribution in [-0.4, -0.2) is 35.0 Å².